The van der Waals surface area contributed by atoms with Gasteiger partial charge in [0.25, 0.3) is 5.69 Å². The molecule has 20 heavy (non-hydrogen) atoms. The fraction of sp³-hybridized carbons (Fsp3) is 0.500. The normalized spacial score (nSPS) is 15.6. The number of esters is 1. The average Bonchev–Trinajstić information content (AvgIpc) is 2.46. The number of carbonyl (C=O) groups excluding carboxylic acids is 1. The summed E-state index contributed by atoms with van der Waals surface area (Å²) in [5, 5.41) is 10.6. The van der Waals surface area contributed by atoms with Crippen LogP contribution in [-0.4, -0.2) is 23.6 Å². The Morgan fingerprint density at radius 2 is 2.05 bits per heavy atom. The highest BCUT2D eigenvalue weighted by molar-refractivity contribution is 5.71. The van der Waals surface area contributed by atoms with Crippen molar-refractivity contribution in [3.8, 4) is 5.75 Å². The Morgan fingerprint density at radius 3 is 2.75 bits per heavy atom. The molecular formula is C14H17NO5. The molecule has 0 aliphatic heterocycles. The van der Waals surface area contributed by atoms with Crippen molar-refractivity contribution >= 4 is 11.7 Å². The lowest BCUT2D eigenvalue weighted by atomic mass is 9.98. The fourth-order valence-corrected chi connectivity index (χ4v) is 2.23. The summed E-state index contributed by atoms with van der Waals surface area (Å²) in [7, 11) is 0. The fourth-order valence-electron chi connectivity index (χ4n) is 2.23. The summed E-state index contributed by atoms with van der Waals surface area (Å²) in [4.78, 5) is 21.7. The Bertz CT molecular complexity index is 482. The lowest BCUT2D eigenvalue weighted by molar-refractivity contribution is -0.384. The number of hydrogen-bond donors (Lipinski definition) is 0. The molecule has 0 amide bonds. The van der Waals surface area contributed by atoms with E-state index in [1.54, 1.807) is 6.07 Å². The Balaban J connectivity index is 1.80. The Labute approximate surface area is 116 Å². The van der Waals surface area contributed by atoms with Gasteiger partial charge in [-0.2, -0.15) is 0 Å². The van der Waals surface area contributed by atoms with Crippen LogP contribution in [0, 0.1) is 10.1 Å². The van der Waals surface area contributed by atoms with E-state index in [-0.39, 0.29) is 18.4 Å². The van der Waals surface area contributed by atoms with Gasteiger partial charge in [-0.3, -0.25) is 10.1 Å². The largest absolute Gasteiger partial charge is 0.482 e. The van der Waals surface area contributed by atoms with Crippen LogP contribution < -0.4 is 4.74 Å². The van der Waals surface area contributed by atoms with Gasteiger partial charge >= 0.3 is 5.97 Å². The molecule has 1 aromatic rings. The van der Waals surface area contributed by atoms with Crippen LogP contribution in [0.1, 0.15) is 32.1 Å². The summed E-state index contributed by atoms with van der Waals surface area (Å²) < 4.78 is 10.5. The molecule has 1 fully saturated rings. The molecule has 1 saturated carbocycles. The van der Waals surface area contributed by atoms with Gasteiger partial charge in [0.2, 0.25) is 0 Å². The number of carbonyl (C=O) groups is 1. The van der Waals surface area contributed by atoms with Crippen molar-refractivity contribution in [1.29, 1.82) is 0 Å². The number of benzene rings is 1. The average molecular weight is 279 g/mol. The summed E-state index contributed by atoms with van der Waals surface area (Å²) in [5.74, 6) is -0.136. The van der Waals surface area contributed by atoms with Gasteiger partial charge in [-0.05, 0) is 31.7 Å². The van der Waals surface area contributed by atoms with Crippen molar-refractivity contribution < 1.29 is 19.2 Å². The zero-order valence-corrected chi connectivity index (χ0v) is 11.1. The van der Waals surface area contributed by atoms with E-state index in [9.17, 15) is 14.9 Å². The quantitative estimate of drug-likeness (QED) is 0.470. The topological polar surface area (TPSA) is 78.7 Å². The lowest BCUT2D eigenvalue weighted by Gasteiger charge is -2.21. The van der Waals surface area contributed by atoms with Crippen LogP contribution in [0.2, 0.25) is 0 Å². The summed E-state index contributed by atoms with van der Waals surface area (Å²) in [6.07, 6.45) is 5.17. The highest BCUT2D eigenvalue weighted by atomic mass is 16.6. The number of nitrogens with zero attached hydrogens (tertiary/aromatic N) is 1. The minimum absolute atomic E-state index is 0.00930. The zero-order valence-electron chi connectivity index (χ0n) is 11.1. The van der Waals surface area contributed by atoms with Crippen LogP contribution in [0.3, 0.4) is 0 Å². The third-order valence-electron chi connectivity index (χ3n) is 3.24. The lowest BCUT2D eigenvalue weighted by Crippen LogP contribution is -2.24. The minimum atomic E-state index is -0.507. The van der Waals surface area contributed by atoms with E-state index in [0.29, 0.717) is 5.75 Å². The molecule has 1 aliphatic carbocycles. The molecule has 0 radical (unpaired) electrons. The van der Waals surface area contributed by atoms with Crippen LogP contribution in [0.5, 0.6) is 5.75 Å². The van der Waals surface area contributed by atoms with E-state index in [1.807, 2.05) is 0 Å². The predicted octanol–water partition coefficient (Wildman–Crippen LogP) is 2.85. The summed E-state index contributed by atoms with van der Waals surface area (Å²) in [6, 6.07) is 5.74. The van der Waals surface area contributed by atoms with Gasteiger partial charge in [-0.1, -0.05) is 12.5 Å². The maximum Gasteiger partial charge on any atom is 0.344 e. The molecule has 0 N–H and O–H groups in total. The van der Waals surface area contributed by atoms with E-state index in [1.165, 1.54) is 24.6 Å². The van der Waals surface area contributed by atoms with Crippen molar-refractivity contribution in [3.05, 3.63) is 34.4 Å². The van der Waals surface area contributed by atoms with Gasteiger partial charge < -0.3 is 9.47 Å². The number of ether oxygens (including phenoxy) is 2. The zero-order chi connectivity index (χ0) is 14.4. The Hall–Kier alpha value is -2.11. The van der Waals surface area contributed by atoms with Crippen molar-refractivity contribution in [2.45, 2.75) is 38.2 Å². The molecule has 0 bridgehead atoms. The van der Waals surface area contributed by atoms with Crippen molar-refractivity contribution in [2.75, 3.05) is 6.61 Å². The van der Waals surface area contributed by atoms with Crippen molar-refractivity contribution in [3.63, 3.8) is 0 Å². The first-order chi connectivity index (χ1) is 9.65. The van der Waals surface area contributed by atoms with Crippen LogP contribution >= 0.6 is 0 Å². The third kappa shape index (κ3) is 4.22. The van der Waals surface area contributed by atoms with Crippen LogP contribution in [-0.2, 0) is 9.53 Å². The van der Waals surface area contributed by atoms with Gasteiger partial charge in [-0.15, -0.1) is 0 Å². The number of non-ortho nitro benzene ring substituents is 1. The smallest absolute Gasteiger partial charge is 0.344 e. The molecule has 0 unspecified atom stereocenters. The van der Waals surface area contributed by atoms with E-state index < -0.39 is 10.9 Å². The molecule has 108 valence electrons. The Morgan fingerprint density at radius 1 is 1.30 bits per heavy atom. The number of rotatable bonds is 5. The maximum atomic E-state index is 11.6. The molecule has 0 spiro atoms. The molecule has 2 rings (SSSR count). The van der Waals surface area contributed by atoms with Crippen LogP contribution in [0.4, 0.5) is 5.69 Å². The van der Waals surface area contributed by atoms with E-state index >= 15 is 0 Å². The van der Waals surface area contributed by atoms with Crippen LogP contribution in [0.15, 0.2) is 24.3 Å². The second kappa shape index (κ2) is 6.88. The highest BCUT2D eigenvalue weighted by Gasteiger charge is 2.18. The summed E-state index contributed by atoms with van der Waals surface area (Å²) in [5.41, 5.74) is -0.0665. The van der Waals surface area contributed by atoms with Crippen LogP contribution in [0.25, 0.3) is 0 Å². The van der Waals surface area contributed by atoms with E-state index in [0.717, 1.165) is 25.7 Å². The van der Waals surface area contributed by atoms with Gasteiger partial charge in [-0.25, -0.2) is 4.79 Å². The molecule has 1 aliphatic rings. The van der Waals surface area contributed by atoms with Gasteiger partial charge in [0, 0.05) is 6.07 Å². The monoisotopic (exact) mass is 279 g/mol. The van der Waals surface area contributed by atoms with Crippen molar-refractivity contribution in [1.82, 2.24) is 0 Å². The van der Waals surface area contributed by atoms with Gasteiger partial charge in [0.1, 0.15) is 11.9 Å². The standard InChI is InChI=1S/C14H17NO5/c16-14(20-12-6-2-1-3-7-12)10-19-13-8-4-5-11(9-13)15(17)18/h4-5,8-9,12H,1-3,6-7,10H2. The first kappa shape index (κ1) is 14.3. The number of hydrogen-bond acceptors (Lipinski definition) is 5. The predicted molar refractivity (Wildman–Crippen MR) is 71.6 cm³/mol. The van der Waals surface area contributed by atoms with Crippen molar-refractivity contribution in [2.24, 2.45) is 0 Å². The number of nitro benzene ring substituents is 1. The molecule has 0 atom stereocenters. The highest BCUT2D eigenvalue weighted by Crippen LogP contribution is 2.21. The van der Waals surface area contributed by atoms with E-state index in [2.05, 4.69) is 0 Å². The molecular weight excluding hydrogens is 262 g/mol. The van der Waals surface area contributed by atoms with E-state index in [4.69, 9.17) is 9.47 Å². The molecule has 0 saturated heterocycles. The second-order valence-electron chi connectivity index (χ2n) is 4.79. The molecule has 6 heteroatoms. The SMILES string of the molecule is O=C(COc1cccc([N+](=O)[O-])c1)OC1CCCCC1. The minimum Gasteiger partial charge on any atom is -0.482 e. The first-order valence-electron chi connectivity index (χ1n) is 6.72. The molecule has 6 nitrogen and oxygen atoms in total. The van der Waals surface area contributed by atoms with Gasteiger partial charge in [0.15, 0.2) is 6.61 Å². The molecule has 1 aromatic carbocycles. The molecule has 0 heterocycles. The van der Waals surface area contributed by atoms with Gasteiger partial charge in [0.05, 0.1) is 11.0 Å². The number of nitro groups is 1. The third-order valence-corrected chi connectivity index (χ3v) is 3.24. The summed E-state index contributed by atoms with van der Waals surface area (Å²) in [6.45, 7) is -0.225. The maximum absolute atomic E-state index is 11.6. The second-order valence-corrected chi connectivity index (χ2v) is 4.79. The first-order valence-corrected chi connectivity index (χ1v) is 6.72. The molecule has 0 aromatic heterocycles. The summed E-state index contributed by atoms with van der Waals surface area (Å²) >= 11 is 0. The Kier molecular flexibility index (Phi) is 4.92.